The van der Waals surface area contributed by atoms with Crippen LogP contribution in [0, 0.1) is 5.41 Å². The second-order valence-electron chi connectivity index (χ2n) is 7.67. The Morgan fingerprint density at radius 3 is 2.25 bits per heavy atom. The maximum absolute atomic E-state index is 12.3. The Morgan fingerprint density at radius 2 is 1.71 bits per heavy atom. The van der Waals surface area contributed by atoms with E-state index in [1.165, 1.54) is 24.8 Å². The van der Waals surface area contributed by atoms with E-state index >= 15 is 0 Å². The molecule has 0 spiro atoms. The van der Waals surface area contributed by atoms with Crippen molar-refractivity contribution in [3.63, 3.8) is 0 Å². The van der Waals surface area contributed by atoms with Crippen LogP contribution in [-0.2, 0) is 4.79 Å². The van der Waals surface area contributed by atoms with E-state index < -0.39 is 0 Å². The lowest BCUT2D eigenvalue weighted by Crippen LogP contribution is -2.40. The zero-order valence-corrected chi connectivity index (χ0v) is 15.2. The van der Waals surface area contributed by atoms with Crippen LogP contribution in [0.1, 0.15) is 75.5 Å². The van der Waals surface area contributed by atoms with Crippen molar-refractivity contribution < 1.29 is 4.79 Å². The third kappa shape index (κ3) is 5.05. The molecule has 1 amide bonds. The summed E-state index contributed by atoms with van der Waals surface area (Å²) < 4.78 is 0. The molecule has 0 bridgehead atoms. The fourth-order valence-corrected chi connectivity index (χ4v) is 3.63. The number of benzene rings is 1. The highest BCUT2D eigenvalue weighted by Gasteiger charge is 2.32. The molecule has 1 aromatic rings. The first kappa shape index (κ1) is 18.9. The lowest BCUT2D eigenvalue weighted by molar-refractivity contribution is -0.123. The molecule has 0 radical (unpaired) electrons. The van der Waals surface area contributed by atoms with Crippen LogP contribution in [0.25, 0.3) is 0 Å². The van der Waals surface area contributed by atoms with Crippen LogP contribution in [0.2, 0.25) is 0 Å². The van der Waals surface area contributed by atoms with Gasteiger partial charge in [0, 0.05) is 19.0 Å². The van der Waals surface area contributed by atoms with Gasteiger partial charge < -0.3 is 16.8 Å². The van der Waals surface area contributed by atoms with Gasteiger partial charge in [-0.2, -0.15) is 0 Å². The fourth-order valence-electron chi connectivity index (χ4n) is 3.63. The number of carbonyl (C=O) groups excluding carboxylic acids is 1. The molecule has 134 valence electrons. The van der Waals surface area contributed by atoms with Crippen LogP contribution in [0.5, 0.6) is 0 Å². The Labute approximate surface area is 146 Å². The van der Waals surface area contributed by atoms with Crippen molar-refractivity contribution in [3.05, 3.63) is 35.4 Å². The van der Waals surface area contributed by atoms with Gasteiger partial charge in [-0.1, -0.05) is 57.4 Å². The molecule has 0 aromatic heterocycles. The Morgan fingerprint density at radius 1 is 1.12 bits per heavy atom. The van der Waals surface area contributed by atoms with Crippen molar-refractivity contribution in [2.75, 3.05) is 13.1 Å². The van der Waals surface area contributed by atoms with E-state index in [0.29, 0.717) is 25.4 Å². The molecule has 24 heavy (non-hydrogen) atoms. The normalized spacial score (nSPS) is 18.4. The topological polar surface area (TPSA) is 81.1 Å². The van der Waals surface area contributed by atoms with Crippen molar-refractivity contribution in [3.8, 4) is 0 Å². The molecular weight excluding hydrogens is 298 g/mol. The highest BCUT2D eigenvalue weighted by molar-refractivity contribution is 5.76. The first-order chi connectivity index (χ1) is 11.5. The highest BCUT2D eigenvalue weighted by atomic mass is 16.1. The molecule has 0 aliphatic heterocycles. The number of amides is 1. The van der Waals surface area contributed by atoms with Gasteiger partial charge in [-0.15, -0.1) is 0 Å². The maximum Gasteiger partial charge on any atom is 0.220 e. The molecule has 0 saturated heterocycles. The SMILES string of the molecule is CC(C)c1ccc(C(N)CNC(=O)CC2(CN)CCCCC2)cc1. The van der Waals surface area contributed by atoms with Crippen LogP contribution in [0.3, 0.4) is 0 Å². The number of nitrogens with one attached hydrogen (secondary N) is 1. The molecule has 0 heterocycles. The van der Waals surface area contributed by atoms with Gasteiger partial charge >= 0.3 is 0 Å². The van der Waals surface area contributed by atoms with E-state index in [9.17, 15) is 4.79 Å². The van der Waals surface area contributed by atoms with Crippen molar-refractivity contribution in [2.24, 2.45) is 16.9 Å². The summed E-state index contributed by atoms with van der Waals surface area (Å²) in [6, 6.07) is 8.19. The third-order valence-corrected chi connectivity index (χ3v) is 5.43. The smallest absolute Gasteiger partial charge is 0.220 e. The molecule has 1 atom stereocenters. The minimum atomic E-state index is -0.171. The van der Waals surface area contributed by atoms with Crippen molar-refractivity contribution >= 4 is 5.91 Å². The average molecular weight is 332 g/mol. The van der Waals surface area contributed by atoms with Crippen LogP contribution in [-0.4, -0.2) is 19.0 Å². The van der Waals surface area contributed by atoms with Gasteiger partial charge in [0.2, 0.25) is 5.91 Å². The van der Waals surface area contributed by atoms with E-state index in [-0.39, 0.29) is 17.4 Å². The Hall–Kier alpha value is -1.39. The van der Waals surface area contributed by atoms with E-state index in [2.05, 4.69) is 43.4 Å². The van der Waals surface area contributed by atoms with Gasteiger partial charge in [0.25, 0.3) is 0 Å². The predicted octanol–water partition coefficient (Wildman–Crippen LogP) is 3.23. The minimum absolute atomic E-state index is 0.00530. The summed E-state index contributed by atoms with van der Waals surface area (Å²) in [5.41, 5.74) is 14.6. The predicted molar refractivity (Wildman–Crippen MR) is 99.7 cm³/mol. The lowest BCUT2D eigenvalue weighted by atomic mass is 9.71. The molecule has 1 saturated carbocycles. The monoisotopic (exact) mass is 331 g/mol. The molecule has 1 fully saturated rings. The van der Waals surface area contributed by atoms with E-state index in [1.807, 2.05) is 0 Å². The zero-order chi connectivity index (χ0) is 17.6. The van der Waals surface area contributed by atoms with E-state index in [4.69, 9.17) is 11.5 Å². The van der Waals surface area contributed by atoms with Gasteiger partial charge in [0.15, 0.2) is 0 Å². The molecule has 4 heteroatoms. The van der Waals surface area contributed by atoms with Crippen LogP contribution in [0.4, 0.5) is 0 Å². The molecule has 1 aromatic carbocycles. The summed E-state index contributed by atoms with van der Waals surface area (Å²) in [5.74, 6) is 0.592. The minimum Gasteiger partial charge on any atom is -0.354 e. The maximum atomic E-state index is 12.3. The van der Waals surface area contributed by atoms with Gasteiger partial charge in [-0.05, 0) is 41.8 Å². The Kier molecular flexibility index (Phi) is 6.81. The number of rotatable bonds is 7. The summed E-state index contributed by atoms with van der Waals surface area (Å²) in [6.07, 6.45) is 6.31. The van der Waals surface area contributed by atoms with Crippen molar-refractivity contribution in [2.45, 2.75) is 64.3 Å². The number of nitrogens with two attached hydrogens (primary N) is 2. The second-order valence-corrected chi connectivity index (χ2v) is 7.67. The molecule has 4 nitrogen and oxygen atoms in total. The van der Waals surface area contributed by atoms with Crippen molar-refractivity contribution in [1.29, 1.82) is 0 Å². The molecule has 1 unspecified atom stereocenters. The largest absolute Gasteiger partial charge is 0.354 e. The first-order valence-corrected chi connectivity index (χ1v) is 9.28. The van der Waals surface area contributed by atoms with Gasteiger partial charge in [-0.3, -0.25) is 4.79 Å². The average Bonchev–Trinajstić information content (AvgIpc) is 2.60. The van der Waals surface area contributed by atoms with E-state index in [0.717, 1.165) is 18.4 Å². The van der Waals surface area contributed by atoms with Crippen LogP contribution >= 0.6 is 0 Å². The van der Waals surface area contributed by atoms with Crippen LogP contribution < -0.4 is 16.8 Å². The summed E-state index contributed by atoms with van der Waals surface area (Å²) >= 11 is 0. The summed E-state index contributed by atoms with van der Waals surface area (Å²) in [5, 5.41) is 3.01. The fraction of sp³-hybridized carbons (Fsp3) is 0.650. The van der Waals surface area contributed by atoms with Crippen LogP contribution in [0.15, 0.2) is 24.3 Å². The summed E-state index contributed by atoms with van der Waals surface area (Å²) in [4.78, 5) is 12.3. The highest BCUT2D eigenvalue weighted by Crippen LogP contribution is 2.38. The number of hydrogen-bond acceptors (Lipinski definition) is 3. The quantitative estimate of drug-likeness (QED) is 0.717. The molecule has 2 rings (SSSR count). The molecular formula is C20H33N3O. The molecule has 1 aliphatic rings. The number of hydrogen-bond donors (Lipinski definition) is 3. The first-order valence-electron chi connectivity index (χ1n) is 9.28. The Balaban J connectivity index is 1.84. The standard InChI is InChI=1S/C20H33N3O/c1-15(2)16-6-8-17(9-7-16)18(22)13-23-19(24)12-20(14-21)10-4-3-5-11-20/h6-9,15,18H,3-5,10-14,21-22H2,1-2H3,(H,23,24). The Bertz CT molecular complexity index is 518. The third-order valence-electron chi connectivity index (χ3n) is 5.43. The number of carbonyl (C=O) groups is 1. The van der Waals surface area contributed by atoms with Gasteiger partial charge in [0.05, 0.1) is 0 Å². The summed E-state index contributed by atoms with van der Waals surface area (Å²) in [6.45, 7) is 5.42. The molecule has 5 N–H and O–H groups in total. The van der Waals surface area contributed by atoms with Gasteiger partial charge in [0.1, 0.15) is 0 Å². The van der Waals surface area contributed by atoms with Crippen molar-refractivity contribution in [1.82, 2.24) is 5.32 Å². The second kappa shape index (κ2) is 8.63. The lowest BCUT2D eigenvalue weighted by Gasteiger charge is -2.35. The van der Waals surface area contributed by atoms with Gasteiger partial charge in [-0.25, -0.2) is 0 Å². The molecule has 1 aliphatic carbocycles. The zero-order valence-electron chi connectivity index (χ0n) is 15.2. The summed E-state index contributed by atoms with van der Waals surface area (Å²) in [7, 11) is 0. The van der Waals surface area contributed by atoms with E-state index in [1.54, 1.807) is 0 Å².